The highest BCUT2D eigenvalue weighted by atomic mass is 16.5. The molecule has 27 heavy (non-hydrogen) atoms. The van der Waals surface area contributed by atoms with Crippen LogP contribution in [-0.2, 0) is 11.2 Å². The molecule has 4 nitrogen and oxygen atoms in total. The van der Waals surface area contributed by atoms with E-state index in [1.54, 1.807) is 12.1 Å². The lowest BCUT2D eigenvalue weighted by atomic mass is 9.72. The Hall–Kier alpha value is -2.51. The fourth-order valence-electron chi connectivity index (χ4n) is 4.58. The van der Waals surface area contributed by atoms with Crippen LogP contribution in [0.15, 0.2) is 42.5 Å². The molecule has 1 aliphatic heterocycles. The van der Waals surface area contributed by atoms with Crippen molar-refractivity contribution in [3.63, 3.8) is 0 Å². The zero-order valence-electron chi connectivity index (χ0n) is 15.4. The van der Waals surface area contributed by atoms with Crippen molar-refractivity contribution in [2.75, 3.05) is 13.2 Å². The predicted molar refractivity (Wildman–Crippen MR) is 103 cm³/mol. The zero-order valence-corrected chi connectivity index (χ0v) is 15.4. The smallest absolute Gasteiger partial charge is 0.138 e. The van der Waals surface area contributed by atoms with Gasteiger partial charge in [-0.25, -0.2) is 0 Å². The predicted octanol–water partition coefficient (Wildman–Crippen LogP) is 4.76. The van der Waals surface area contributed by atoms with Gasteiger partial charge in [-0.3, -0.25) is 0 Å². The first-order chi connectivity index (χ1) is 13.3. The molecule has 4 heteroatoms. The quantitative estimate of drug-likeness (QED) is 0.854. The Bertz CT molecular complexity index is 834. The number of benzene rings is 2. The fraction of sp³-hybridized carbons (Fsp3) is 0.435. The maximum atomic E-state index is 9.70. The number of hydrogen-bond acceptors (Lipinski definition) is 4. The van der Waals surface area contributed by atoms with Crippen molar-refractivity contribution in [1.29, 1.82) is 5.26 Å². The number of fused-ring (bicyclic) bond motifs is 1. The lowest BCUT2D eigenvalue weighted by Gasteiger charge is -2.38. The summed E-state index contributed by atoms with van der Waals surface area (Å²) >= 11 is 0. The van der Waals surface area contributed by atoms with Crippen LogP contribution in [0.4, 0.5) is 0 Å². The molecule has 1 aliphatic carbocycles. The number of ether oxygens (including phenoxy) is 2. The fourth-order valence-corrected chi connectivity index (χ4v) is 4.58. The maximum absolute atomic E-state index is 9.70. The number of nitriles is 1. The largest absolute Gasteiger partial charge is 0.508 e. The summed E-state index contributed by atoms with van der Waals surface area (Å²) in [7, 11) is 0. The molecular weight excluding hydrogens is 338 g/mol. The number of aromatic hydroxyl groups is 1. The van der Waals surface area contributed by atoms with Crippen molar-refractivity contribution >= 4 is 0 Å². The first-order valence-electron chi connectivity index (χ1n) is 9.81. The van der Waals surface area contributed by atoms with Gasteiger partial charge < -0.3 is 14.6 Å². The van der Waals surface area contributed by atoms with E-state index in [0.29, 0.717) is 23.1 Å². The Morgan fingerprint density at radius 3 is 2.85 bits per heavy atom. The molecule has 0 aromatic heterocycles. The Kier molecular flexibility index (Phi) is 5.31. The number of hydrogen-bond donors (Lipinski definition) is 1. The van der Waals surface area contributed by atoms with Crippen LogP contribution in [0.1, 0.15) is 48.5 Å². The molecule has 140 valence electrons. The molecule has 0 saturated carbocycles. The average molecular weight is 363 g/mol. The topological polar surface area (TPSA) is 62.5 Å². The molecule has 2 aromatic carbocycles. The van der Waals surface area contributed by atoms with Crippen LogP contribution in [0, 0.1) is 23.2 Å². The molecular formula is C23H25NO3. The average Bonchev–Trinajstić information content (AvgIpc) is 2.99. The van der Waals surface area contributed by atoms with E-state index < -0.39 is 0 Å². The van der Waals surface area contributed by atoms with Gasteiger partial charge in [0.15, 0.2) is 0 Å². The van der Waals surface area contributed by atoms with Gasteiger partial charge >= 0.3 is 0 Å². The van der Waals surface area contributed by atoms with Gasteiger partial charge in [0.05, 0.1) is 5.56 Å². The van der Waals surface area contributed by atoms with Crippen molar-refractivity contribution in [1.82, 2.24) is 0 Å². The summed E-state index contributed by atoms with van der Waals surface area (Å²) in [6.07, 6.45) is 5.40. The third-order valence-electron chi connectivity index (χ3n) is 5.94. The molecule has 1 saturated heterocycles. The molecule has 3 atom stereocenters. The van der Waals surface area contributed by atoms with Crippen molar-refractivity contribution in [3.05, 3.63) is 59.2 Å². The molecule has 0 bridgehead atoms. The summed E-state index contributed by atoms with van der Waals surface area (Å²) in [5, 5.41) is 19.2. The van der Waals surface area contributed by atoms with Gasteiger partial charge in [-0.15, -0.1) is 0 Å². The van der Waals surface area contributed by atoms with Gasteiger partial charge in [0.2, 0.25) is 0 Å². The molecule has 0 spiro atoms. The van der Waals surface area contributed by atoms with Crippen LogP contribution in [0.3, 0.4) is 0 Å². The molecule has 2 aliphatic rings. The molecule has 0 amide bonds. The van der Waals surface area contributed by atoms with Crippen LogP contribution in [-0.4, -0.2) is 18.3 Å². The first kappa shape index (κ1) is 17.9. The van der Waals surface area contributed by atoms with Crippen LogP contribution in [0.2, 0.25) is 0 Å². The second kappa shape index (κ2) is 8.02. The lowest BCUT2D eigenvalue weighted by Crippen LogP contribution is -2.31. The third-order valence-corrected chi connectivity index (χ3v) is 5.94. The monoisotopic (exact) mass is 363 g/mol. The van der Waals surface area contributed by atoms with Gasteiger partial charge in [0, 0.05) is 25.2 Å². The minimum atomic E-state index is -0.0744. The van der Waals surface area contributed by atoms with Crippen LogP contribution >= 0.6 is 0 Å². The van der Waals surface area contributed by atoms with Gasteiger partial charge in [-0.05, 0) is 61.3 Å². The molecule has 0 radical (unpaired) electrons. The molecule has 1 fully saturated rings. The standard InChI is InChI=1S/C23H25NO3/c24-15-18-14-19(25)8-10-22(18)27-23-20-6-2-1-4-16(20)7-9-21(23)17-5-3-12-26-13-11-17/h1-2,4,6,8,10,14,17,21,23,25H,3,5,7,9,11-13H2/t17?,21-,23+/m1/s1. The molecule has 1 N–H and O–H groups in total. The molecule has 1 heterocycles. The number of phenolic OH excluding ortho intramolecular Hbond substituents is 1. The van der Waals surface area contributed by atoms with Gasteiger partial charge in [0.25, 0.3) is 0 Å². The van der Waals surface area contributed by atoms with E-state index in [9.17, 15) is 10.4 Å². The number of aryl methyl sites for hydroxylation is 1. The first-order valence-corrected chi connectivity index (χ1v) is 9.81. The normalized spacial score (nSPS) is 25.1. The van der Waals surface area contributed by atoms with Crippen LogP contribution < -0.4 is 4.74 Å². The highest BCUT2D eigenvalue weighted by Gasteiger charge is 2.37. The highest BCUT2D eigenvalue weighted by Crippen LogP contribution is 2.44. The zero-order chi connectivity index (χ0) is 18.6. The van der Waals surface area contributed by atoms with Crippen molar-refractivity contribution in [2.24, 2.45) is 11.8 Å². The third kappa shape index (κ3) is 3.79. The summed E-state index contributed by atoms with van der Waals surface area (Å²) in [6, 6.07) is 15.4. The number of rotatable bonds is 3. The van der Waals surface area contributed by atoms with E-state index in [2.05, 4.69) is 30.3 Å². The summed E-state index contributed by atoms with van der Waals surface area (Å²) in [6.45, 7) is 1.67. The summed E-state index contributed by atoms with van der Waals surface area (Å²) in [5.41, 5.74) is 2.94. The minimum Gasteiger partial charge on any atom is -0.508 e. The number of nitrogens with zero attached hydrogens (tertiary/aromatic N) is 1. The summed E-state index contributed by atoms with van der Waals surface area (Å²) in [4.78, 5) is 0. The Morgan fingerprint density at radius 1 is 1.07 bits per heavy atom. The molecule has 1 unspecified atom stereocenters. The van der Waals surface area contributed by atoms with Crippen LogP contribution in [0.5, 0.6) is 11.5 Å². The van der Waals surface area contributed by atoms with Crippen molar-refractivity contribution in [2.45, 2.75) is 38.2 Å². The van der Waals surface area contributed by atoms with E-state index >= 15 is 0 Å². The van der Waals surface area contributed by atoms with Crippen LogP contribution in [0.25, 0.3) is 0 Å². The number of phenols is 1. The Labute approximate surface area is 160 Å². The maximum Gasteiger partial charge on any atom is 0.138 e. The lowest BCUT2D eigenvalue weighted by molar-refractivity contribution is 0.0676. The minimum absolute atomic E-state index is 0.0744. The van der Waals surface area contributed by atoms with E-state index in [-0.39, 0.29) is 11.9 Å². The highest BCUT2D eigenvalue weighted by molar-refractivity contribution is 5.47. The van der Waals surface area contributed by atoms with Crippen molar-refractivity contribution < 1.29 is 14.6 Å². The second-order valence-electron chi connectivity index (χ2n) is 7.54. The van der Waals surface area contributed by atoms with E-state index in [1.165, 1.54) is 17.2 Å². The molecule has 2 aromatic rings. The van der Waals surface area contributed by atoms with Gasteiger partial charge in [-0.2, -0.15) is 5.26 Å². The Balaban J connectivity index is 1.69. The van der Waals surface area contributed by atoms with Gasteiger partial charge in [0.1, 0.15) is 23.7 Å². The van der Waals surface area contributed by atoms with Gasteiger partial charge in [-0.1, -0.05) is 24.3 Å². The van der Waals surface area contributed by atoms with E-state index in [4.69, 9.17) is 9.47 Å². The summed E-state index contributed by atoms with van der Waals surface area (Å²) in [5.74, 6) is 1.60. The molecule has 4 rings (SSSR count). The summed E-state index contributed by atoms with van der Waals surface area (Å²) < 4.78 is 12.2. The SMILES string of the molecule is N#Cc1cc(O)ccc1O[C@H]1c2ccccc2CC[C@@H]1C1CCCOCC1. The van der Waals surface area contributed by atoms with Crippen molar-refractivity contribution in [3.8, 4) is 17.6 Å². The van der Waals surface area contributed by atoms with E-state index in [1.807, 2.05) is 0 Å². The Morgan fingerprint density at radius 2 is 1.96 bits per heavy atom. The van der Waals surface area contributed by atoms with E-state index in [0.717, 1.165) is 45.3 Å². The second-order valence-corrected chi connectivity index (χ2v) is 7.54.